The van der Waals surface area contributed by atoms with Crippen molar-refractivity contribution in [2.45, 2.75) is 39.8 Å². The van der Waals surface area contributed by atoms with Gasteiger partial charge in [0.15, 0.2) is 0 Å². The first kappa shape index (κ1) is 14.5. The molecule has 4 heteroatoms. The van der Waals surface area contributed by atoms with Crippen LogP contribution in [0.3, 0.4) is 0 Å². The third-order valence-corrected chi connectivity index (χ3v) is 3.65. The third-order valence-electron chi connectivity index (χ3n) is 3.65. The summed E-state index contributed by atoms with van der Waals surface area (Å²) >= 11 is 0. The average Bonchev–Trinajstić information content (AvgIpc) is 2.25. The van der Waals surface area contributed by atoms with Crippen LogP contribution in [0.4, 0.5) is 0 Å². The fraction of sp³-hybridized carbons (Fsp3) is 0.923. The van der Waals surface area contributed by atoms with Crippen molar-refractivity contribution in [3.63, 3.8) is 0 Å². The highest BCUT2D eigenvalue weighted by molar-refractivity contribution is 5.77. The molecule has 0 aromatic rings. The van der Waals surface area contributed by atoms with Gasteiger partial charge in [0.2, 0.25) is 5.91 Å². The maximum absolute atomic E-state index is 11.4. The lowest BCUT2D eigenvalue weighted by molar-refractivity contribution is -0.124. The number of carbonyl (C=O) groups is 1. The van der Waals surface area contributed by atoms with Gasteiger partial charge in [0.25, 0.3) is 0 Å². The molecule has 0 aliphatic carbocycles. The van der Waals surface area contributed by atoms with Crippen molar-refractivity contribution < 1.29 is 4.79 Å². The largest absolute Gasteiger partial charge is 0.355 e. The first-order valence-corrected chi connectivity index (χ1v) is 6.63. The molecule has 4 nitrogen and oxygen atoms in total. The molecule has 1 amide bonds. The average molecular weight is 241 g/mol. The Morgan fingerprint density at radius 3 is 2.53 bits per heavy atom. The van der Waals surface area contributed by atoms with E-state index in [0.717, 1.165) is 26.2 Å². The zero-order chi connectivity index (χ0) is 13.0. The van der Waals surface area contributed by atoms with Crippen LogP contribution in [0.25, 0.3) is 0 Å². The van der Waals surface area contributed by atoms with E-state index in [1.807, 2.05) is 13.8 Å². The Bertz CT molecular complexity index is 255. The molecule has 2 atom stereocenters. The molecule has 1 heterocycles. The van der Waals surface area contributed by atoms with Gasteiger partial charge in [-0.15, -0.1) is 0 Å². The molecule has 0 spiro atoms. The molecule has 0 bridgehead atoms. The van der Waals surface area contributed by atoms with E-state index in [9.17, 15) is 4.79 Å². The zero-order valence-electron chi connectivity index (χ0n) is 11.9. The molecule has 1 rings (SSSR count). The lowest BCUT2D eigenvalue weighted by Gasteiger charge is -2.42. The second-order valence-electron chi connectivity index (χ2n) is 5.58. The van der Waals surface area contributed by atoms with E-state index in [4.69, 9.17) is 0 Å². The minimum atomic E-state index is 0.0823. The Balaban J connectivity index is 2.29. The lowest BCUT2D eigenvalue weighted by Crippen LogP contribution is -2.56. The van der Waals surface area contributed by atoms with Crippen LogP contribution in [0.15, 0.2) is 0 Å². The Labute approximate surface area is 105 Å². The highest BCUT2D eigenvalue weighted by atomic mass is 16.1. The van der Waals surface area contributed by atoms with Crippen molar-refractivity contribution in [2.24, 2.45) is 5.92 Å². The molecule has 1 fully saturated rings. The molecule has 0 radical (unpaired) electrons. The van der Waals surface area contributed by atoms with Gasteiger partial charge in [0, 0.05) is 44.2 Å². The molecular formula is C13H27N3O. The van der Waals surface area contributed by atoms with Crippen LogP contribution >= 0.6 is 0 Å². The van der Waals surface area contributed by atoms with Gasteiger partial charge < -0.3 is 10.2 Å². The SMILES string of the molecule is CC(C)C(=O)NCCN1C[C@@H](C)N(C)C[C@@H]1C. The summed E-state index contributed by atoms with van der Waals surface area (Å²) in [5.74, 6) is 0.235. The van der Waals surface area contributed by atoms with Crippen LogP contribution in [-0.4, -0.2) is 61.0 Å². The quantitative estimate of drug-likeness (QED) is 0.790. The normalized spacial score (nSPS) is 27.4. The molecule has 1 N–H and O–H groups in total. The Morgan fingerprint density at radius 1 is 1.29 bits per heavy atom. The Morgan fingerprint density at radius 2 is 1.94 bits per heavy atom. The first-order valence-electron chi connectivity index (χ1n) is 6.63. The molecule has 1 saturated heterocycles. The molecule has 0 aromatic heterocycles. The van der Waals surface area contributed by atoms with Crippen molar-refractivity contribution in [1.29, 1.82) is 0 Å². The maximum Gasteiger partial charge on any atom is 0.222 e. The van der Waals surface area contributed by atoms with Crippen molar-refractivity contribution >= 4 is 5.91 Å². The molecule has 17 heavy (non-hydrogen) atoms. The van der Waals surface area contributed by atoms with Gasteiger partial charge in [0.1, 0.15) is 0 Å². The van der Waals surface area contributed by atoms with Crippen molar-refractivity contribution in [1.82, 2.24) is 15.1 Å². The summed E-state index contributed by atoms with van der Waals surface area (Å²) in [5, 5.41) is 2.98. The van der Waals surface area contributed by atoms with Crippen molar-refractivity contribution in [3.05, 3.63) is 0 Å². The number of likely N-dealkylation sites (N-methyl/N-ethyl adjacent to an activating group) is 1. The minimum Gasteiger partial charge on any atom is -0.355 e. The van der Waals surface area contributed by atoms with E-state index >= 15 is 0 Å². The van der Waals surface area contributed by atoms with Gasteiger partial charge in [-0.2, -0.15) is 0 Å². The van der Waals surface area contributed by atoms with Crippen LogP contribution in [0.2, 0.25) is 0 Å². The highest BCUT2D eigenvalue weighted by Crippen LogP contribution is 2.12. The molecule has 0 saturated carbocycles. The van der Waals surface area contributed by atoms with Gasteiger partial charge in [-0.1, -0.05) is 13.8 Å². The summed E-state index contributed by atoms with van der Waals surface area (Å²) in [7, 11) is 2.18. The number of carbonyl (C=O) groups excluding carboxylic acids is 1. The monoisotopic (exact) mass is 241 g/mol. The predicted octanol–water partition coefficient (Wildman–Crippen LogP) is 0.783. The fourth-order valence-electron chi connectivity index (χ4n) is 2.21. The van der Waals surface area contributed by atoms with Crippen LogP contribution in [0.1, 0.15) is 27.7 Å². The Kier molecular flexibility index (Phi) is 5.40. The van der Waals surface area contributed by atoms with Gasteiger partial charge >= 0.3 is 0 Å². The highest BCUT2D eigenvalue weighted by Gasteiger charge is 2.26. The third kappa shape index (κ3) is 4.28. The standard InChI is InChI=1S/C13H27N3O/c1-10(2)13(17)14-6-7-16-9-11(3)15(5)8-12(16)4/h10-12H,6-9H2,1-5H3,(H,14,17)/t11-,12+/m1/s1. The van der Waals surface area contributed by atoms with E-state index in [1.165, 1.54) is 0 Å². The lowest BCUT2D eigenvalue weighted by atomic mass is 10.1. The van der Waals surface area contributed by atoms with Crippen LogP contribution in [0, 0.1) is 5.92 Å². The van der Waals surface area contributed by atoms with E-state index < -0.39 is 0 Å². The number of rotatable bonds is 4. The van der Waals surface area contributed by atoms with Crippen LogP contribution in [0.5, 0.6) is 0 Å². The molecular weight excluding hydrogens is 214 g/mol. The minimum absolute atomic E-state index is 0.0823. The fourth-order valence-corrected chi connectivity index (χ4v) is 2.21. The van der Waals surface area contributed by atoms with Crippen LogP contribution < -0.4 is 5.32 Å². The summed E-state index contributed by atoms with van der Waals surface area (Å²) < 4.78 is 0. The molecule has 1 aliphatic rings. The number of hydrogen-bond acceptors (Lipinski definition) is 3. The van der Waals surface area contributed by atoms with E-state index in [1.54, 1.807) is 0 Å². The van der Waals surface area contributed by atoms with E-state index in [-0.39, 0.29) is 11.8 Å². The molecule has 100 valence electrons. The number of piperazine rings is 1. The summed E-state index contributed by atoms with van der Waals surface area (Å²) in [6.07, 6.45) is 0. The zero-order valence-corrected chi connectivity index (χ0v) is 11.9. The second kappa shape index (κ2) is 6.36. The smallest absolute Gasteiger partial charge is 0.222 e. The molecule has 0 aromatic carbocycles. The maximum atomic E-state index is 11.4. The van der Waals surface area contributed by atoms with Gasteiger partial charge in [-0.3, -0.25) is 9.69 Å². The second-order valence-corrected chi connectivity index (χ2v) is 5.58. The van der Waals surface area contributed by atoms with E-state index in [0.29, 0.717) is 12.1 Å². The number of nitrogens with one attached hydrogen (secondary N) is 1. The van der Waals surface area contributed by atoms with Gasteiger partial charge in [0.05, 0.1) is 0 Å². The van der Waals surface area contributed by atoms with Crippen molar-refractivity contribution in [3.8, 4) is 0 Å². The van der Waals surface area contributed by atoms with Gasteiger partial charge in [-0.25, -0.2) is 0 Å². The topological polar surface area (TPSA) is 35.6 Å². The summed E-state index contributed by atoms with van der Waals surface area (Å²) in [6, 6.07) is 1.18. The van der Waals surface area contributed by atoms with Gasteiger partial charge in [-0.05, 0) is 20.9 Å². The predicted molar refractivity (Wildman–Crippen MR) is 71.0 cm³/mol. The summed E-state index contributed by atoms with van der Waals surface area (Å²) in [5.41, 5.74) is 0. The summed E-state index contributed by atoms with van der Waals surface area (Å²) in [4.78, 5) is 16.3. The summed E-state index contributed by atoms with van der Waals surface area (Å²) in [6.45, 7) is 12.3. The molecule has 0 unspecified atom stereocenters. The van der Waals surface area contributed by atoms with E-state index in [2.05, 4.69) is 36.0 Å². The number of nitrogens with zero attached hydrogens (tertiary/aromatic N) is 2. The number of hydrogen-bond donors (Lipinski definition) is 1. The molecule has 1 aliphatic heterocycles. The van der Waals surface area contributed by atoms with Crippen LogP contribution in [-0.2, 0) is 4.79 Å². The first-order chi connectivity index (χ1) is 7.91. The van der Waals surface area contributed by atoms with Crippen molar-refractivity contribution in [2.75, 3.05) is 33.2 Å². The Hall–Kier alpha value is -0.610. The number of amides is 1.